The van der Waals surface area contributed by atoms with Gasteiger partial charge in [0.15, 0.2) is 0 Å². The van der Waals surface area contributed by atoms with Gasteiger partial charge in [-0.2, -0.15) is 0 Å². The fourth-order valence-electron chi connectivity index (χ4n) is 9.33. The molecule has 384 valence electrons. The van der Waals surface area contributed by atoms with Crippen molar-refractivity contribution >= 4 is 5.91 Å². The maximum absolute atomic E-state index is 12.5. The maximum atomic E-state index is 12.5. The predicted molar refractivity (Wildman–Crippen MR) is 290 cm³/mol. The molecule has 0 saturated heterocycles. The molecule has 0 aromatic heterocycles. The highest BCUT2D eigenvalue weighted by atomic mass is 16.3. The van der Waals surface area contributed by atoms with Crippen LogP contribution in [0.25, 0.3) is 0 Å². The SMILES string of the molecule is CCCCCCCCC/C=C/CC/C=C/CC/C=C/C(O)C(CO)NC(=O)CCCCCCCCCCCCCCCCCCCCCCCCCCCCCCCCCCCCCC. The first kappa shape index (κ1) is 63.6. The van der Waals surface area contributed by atoms with E-state index >= 15 is 0 Å². The van der Waals surface area contributed by atoms with Crippen molar-refractivity contribution < 1.29 is 15.0 Å². The van der Waals surface area contributed by atoms with Crippen LogP contribution in [0.2, 0.25) is 0 Å². The maximum Gasteiger partial charge on any atom is 0.220 e. The summed E-state index contributed by atoms with van der Waals surface area (Å²) >= 11 is 0. The van der Waals surface area contributed by atoms with Gasteiger partial charge in [0.1, 0.15) is 0 Å². The first-order valence-corrected chi connectivity index (χ1v) is 29.7. The van der Waals surface area contributed by atoms with Crippen LogP contribution in [-0.4, -0.2) is 34.9 Å². The number of nitrogens with one attached hydrogen (secondary N) is 1. The van der Waals surface area contributed by atoms with E-state index in [2.05, 4.69) is 43.5 Å². The van der Waals surface area contributed by atoms with Crippen molar-refractivity contribution in [2.75, 3.05) is 6.61 Å². The van der Waals surface area contributed by atoms with Crippen LogP contribution in [-0.2, 0) is 4.79 Å². The summed E-state index contributed by atoms with van der Waals surface area (Å²) in [7, 11) is 0. The molecule has 0 aliphatic carbocycles. The third-order valence-corrected chi connectivity index (χ3v) is 13.9. The van der Waals surface area contributed by atoms with E-state index in [0.29, 0.717) is 6.42 Å². The van der Waals surface area contributed by atoms with Crippen molar-refractivity contribution in [1.82, 2.24) is 5.32 Å². The van der Waals surface area contributed by atoms with E-state index in [-0.39, 0.29) is 12.5 Å². The molecule has 65 heavy (non-hydrogen) atoms. The van der Waals surface area contributed by atoms with Crippen LogP contribution in [0, 0.1) is 0 Å². The molecular formula is C61H117NO3. The van der Waals surface area contributed by atoms with Gasteiger partial charge in [0, 0.05) is 6.42 Å². The first-order chi connectivity index (χ1) is 32.2. The highest BCUT2D eigenvalue weighted by molar-refractivity contribution is 5.76. The Morgan fingerprint density at radius 2 is 0.600 bits per heavy atom. The monoisotopic (exact) mass is 912 g/mol. The van der Waals surface area contributed by atoms with Crippen LogP contribution in [0.1, 0.15) is 328 Å². The quantitative estimate of drug-likeness (QED) is 0.0421. The van der Waals surface area contributed by atoms with Gasteiger partial charge in [-0.05, 0) is 44.9 Å². The zero-order valence-corrected chi connectivity index (χ0v) is 44.3. The molecule has 0 heterocycles. The molecule has 0 aromatic rings. The number of aliphatic hydroxyl groups is 2. The Morgan fingerprint density at radius 3 is 0.892 bits per heavy atom. The number of allylic oxidation sites excluding steroid dienone is 5. The zero-order valence-electron chi connectivity index (χ0n) is 44.3. The van der Waals surface area contributed by atoms with Crippen molar-refractivity contribution in [3.05, 3.63) is 36.5 Å². The van der Waals surface area contributed by atoms with E-state index in [1.54, 1.807) is 6.08 Å². The van der Waals surface area contributed by atoms with E-state index < -0.39 is 12.1 Å². The normalized spacial score (nSPS) is 13.0. The van der Waals surface area contributed by atoms with Gasteiger partial charge in [0.25, 0.3) is 0 Å². The standard InChI is InChI=1S/C61H117NO3/c1-3-5-7-9-11-13-15-17-19-21-22-23-24-25-26-27-28-29-30-31-32-33-34-35-36-37-38-39-41-43-45-47-49-51-53-55-57-61(65)62-59(58-63)60(64)56-54-52-50-48-46-44-42-40-20-18-16-14-12-10-8-6-4-2/h20,40,46,48,54,56,59-60,63-64H,3-19,21-39,41-45,47,49-53,55,57-58H2,1-2H3,(H,62,65)/b40-20+,48-46+,56-54+. The number of hydrogen-bond donors (Lipinski definition) is 3. The van der Waals surface area contributed by atoms with E-state index in [0.717, 1.165) is 38.5 Å². The number of amides is 1. The Labute approximate surface area is 408 Å². The number of rotatable bonds is 55. The molecule has 2 atom stereocenters. The number of hydrogen-bond acceptors (Lipinski definition) is 3. The molecule has 1 amide bonds. The molecule has 0 radical (unpaired) electrons. The predicted octanol–water partition coefficient (Wildman–Crippen LogP) is 19.6. The van der Waals surface area contributed by atoms with E-state index in [1.165, 1.54) is 270 Å². The Morgan fingerprint density at radius 1 is 0.354 bits per heavy atom. The van der Waals surface area contributed by atoms with Crippen LogP contribution in [0.5, 0.6) is 0 Å². The average Bonchev–Trinajstić information content (AvgIpc) is 3.31. The molecule has 0 spiro atoms. The summed E-state index contributed by atoms with van der Waals surface area (Å²) in [6.07, 6.45) is 77.7. The summed E-state index contributed by atoms with van der Waals surface area (Å²) in [4.78, 5) is 12.5. The topological polar surface area (TPSA) is 69.6 Å². The first-order valence-electron chi connectivity index (χ1n) is 29.7. The van der Waals surface area contributed by atoms with Crippen LogP contribution >= 0.6 is 0 Å². The van der Waals surface area contributed by atoms with Crippen LogP contribution in [0.4, 0.5) is 0 Å². The Balaban J connectivity index is 3.42. The molecule has 0 aliphatic rings. The lowest BCUT2D eigenvalue weighted by Gasteiger charge is -2.19. The number of carbonyl (C=O) groups is 1. The van der Waals surface area contributed by atoms with Crippen LogP contribution in [0.15, 0.2) is 36.5 Å². The highest BCUT2D eigenvalue weighted by Gasteiger charge is 2.18. The minimum atomic E-state index is -0.868. The third kappa shape index (κ3) is 53.4. The second kappa shape index (κ2) is 56.9. The molecule has 4 heteroatoms. The number of carbonyl (C=O) groups excluding carboxylic acids is 1. The molecule has 0 aromatic carbocycles. The summed E-state index contributed by atoms with van der Waals surface area (Å²) in [5.41, 5.74) is 0. The molecule has 3 N–H and O–H groups in total. The second-order valence-corrected chi connectivity index (χ2v) is 20.4. The Bertz CT molecular complexity index is 989. The van der Waals surface area contributed by atoms with Gasteiger partial charge in [-0.3, -0.25) is 4.79 Å². The number of aliphatic hydroxyl groups excluding tert-OH is 2. The molecule has 4 nitrogen and oxygen atoms in total. The Hall–Kier alpha value is -1.39. The van der Waals surface area contributed by atoms with Gasteiger partial charge in [0.2, 0.25) is 5.91 Å². The van der Waals surface area contributed by atoms with Crippen molar-refractivity contribution in [2.45, 2.75) is 341 Å². The zero-order chi connectivity index (χ0) is 47.0. The highest BCUT2D eigenvalue weighted by Crippen LogP contribution is 2.18. The molecule has 0 rings (SSSR count). The summed E-state index contributed by atoms with van der Waals surface area (Å²) in [6.45, 7) is 4.32. The average molecular weight is 913 g/mol. The van der Waals surface area contributed by atoms with Crippen molar-refractivity contribution in [1.29, 1.82) is 0 Å². The summed E-state index contributed by atoms with van der Waals surface area (Å²) in [5, 5.41) is 23.1. The molecule has 2 unspecified atom stereocenters. The Kier molecular flexibility index (Phi) is 55.7. The van der Waals surface area contributed by atoms with E-state index in [4.69, 9.17) is 0 Å². The molecule has 0 bridgehead atoms. The molecule has 0 saturated carbocycles. The van der Waals surface area contributed by atoms with E-state index in [9.17, 15) is 15.0 Å². The van der Waals surface area contributed by atoms with Gasteiger partial charge in [-0.1, -0.05) is 314 Å². The molecule has 0 aliphatic heterocycles. The van der Waals surface area contributed by atoms with Gasteiger partial charge < -0.3 is 15.5 Å². The summed E-state index contributed by atoms with van der Waals surface area (Å²) < 4.78 is 0. The molecular weight excluding hydrogens is 795 g/mol. The lowest BCUT2D eigenvalue weighted by atomic mass is 10.0. The van der Waals surface area contributed by atoms with Gasteiger partial charge in [0.05, 0.1) is 18.8 Å². The number of unbranched alkanes of at least 4 members (excludes halogenated alkanes) is 44. The van der Waals surface area contributed by atoms with Crippen LogP contribution in [0.3, 0.4) is 0 Å². The fourth-order valence-corrected chi connectivity index (χ4v) is 9.33. The van der Waals surface area contributed by atoms with Gasteiger partial charge in [-0.15, -0.1) is 0 Å². The largest absolute Gasteiger partial charge is 0.394 e. The van der Waals surface area contributed by atoms with E-state index in [1.807, 2.05) is 6.08 Å². The smallest absolute Gasteiger partial charge is 0.220 e. The minimum absolute atomic E-state index is 0.0722. The third-order valence-electron chi connectivity index (χ3n) is 13.9. The summed E-state index contributed by atoms with van der Waals surface area (Å²) in [6, 6.07) is -0.643. The lowest BCUT2D eigenvalue weighted by Crippen LogP contribution is -2.45. The minimum Gasteiger partial charge on any atom is -0.394 e. The second-order valence-electron chi connectivity index (χ2n) is 20.4. The molecule has 0 fully saturated rings. The van der Waals surface area contributed by atoms with Crippen molar-refractivity contribution in [2.24, 2.45) is 0 Å². The van der Waals surface area contributed by atoms with Crippen LogP contribution < -0.4 is 5.32 Å². The van der Waals surface area contributed by atoms with Crippen molar-refractivity contribution in [3.63, 3.8) is 0 Å². The van der Waals surface area contributed by atoms with Crippen molar-refractivity contribution in [3.8, 4) is 0 Å². The lowest BCUT2D eigenvalue weighted by molar-refractivity contribution is -0.123. The summed E-state index contributed by atoms with van der Waals surface area (Å²) in [5.74, 6) is -0.0722. The van der Waals surface area contributed by atoms with Gasteiger partial charge in [-0.25, -0.2) is 0 Å². The van der Waals surface area contributed by atoms with Gasteiger partial charge >= 0.3 is 0 Å². The fraction of sp³-hybridized carbons (Fsp3) is 0.885.